The zero-order valence-electron chi connectivity index (χ0n) is 12.2. The highest BCUT2D eigenvalue weighted by Crippen LogP contribution is 2.17. The van der Waals surface area contributed by atoms with Crippen LogP contribution >= 0.6 is 0 Å². The number of nitrogens with zero attached hydrogens (tertiary/aromatic N) is 4. The molecule has 7 heteroatoms. The van der Waals surface area contributed by atoms with Crippen LogP contribution in [0.15, 0.2) is 65.1 Å². The van der Waals surface area contributed by atoms with Crippen molar-refractivity contribution in [3.63, 3.8) is 0 Å². The highest BCUT2D eigenvalue weighted by molar-refractivity contribution is 6.23. The molecule has 0 unspecified atom stereocenters. The molecule has 2 aromatic rings. The summed E-state index contributed by atoms with van der Waals surface area (Å²) < 4.78 is 1.57. The molecule has 0 saturated carbocycles. The van der Waals surface area contributed by atoms with Gasteiger partial charge >= 0.3 is 5.69 Å². The second kappa shape index (κ2) is 5.80. The number of aryl methyl sites for hydroxylation is 1. The van der Waals surface area contributed by atoms with Crippen LogP contribution in [0.4, 0.5) is 5.69 Å². The fourth-order valence-corrected chi connectivity index (χ4v) is 2.25. The molecule has 0 atom stereocenters. The Kier molecular flexibility index (Phi) is 3.68. The number of benzene rings is 1. The Morgan fingerprint density at radius 1 is 1.09 bits per heavy atom. The fourth-order valence-electron chi connectivity index (χ4n) is 2.25. The van der Waals surface area contributed by atoms with Crippen molar-refractivity contribution in [2.24, 2.45) is 17.3 Å². The van der Waals surface area contributed by atoms with Gasteiger partial charge < -0.3 is 4.57 Å². The maximum absolute atomic E-state index is 11.8. The van der Waals surface area contributed by atoms with Gasteiger partial charge in [0.25, 0.3) is 0 Å². The fraction of sp³-hybridized carbons (Fsp3) is 0.0625. The van der Waals surface area contributed by atoms with Gasteiger partial charge in [-0.05, 0) is 18.2 Å². The maximum atomic E-state index is 11.8. The zero-order chi connectivity index (χ0) is 16.4. The first-order chi connectivity index (χ1) is 11.1. The smallest absolute Gasteiger partial charge is 0.312 e. The summed E-state index contributed by atoms with van der Waals surface area (Å²) in [7, 11) is 1.69. The number of pyridine rings is 1. The standard InChI is InChI=1S/C16H12N4O3/c1-19-9-8-14(15(10-19)20(22)23)18-17-13-6-7-16(21)12-5-3-2-4-11(12)13/h2-10H,1H3/b17-13+,18-14+. The van der Waals surface area contributed by atoms with Crippen molar-refractivity contribution in [3.8, 4) is 0 Å². The summed E-state index contributed by atoms with van der Waals surface area (Å²) in [6.45, 7) is 0. The number of hydrogen-bond acceptors (Lipinski definition) is 5. The van der Waals surface area contributed by atoms with Gasteiger partial charge in [0.15, 0.2) is 11.1 Å². The Labute approximate surface area is 131 Å². The van der Waals surface area contributed by atoms with E-state index in [0.29, 0.717) is 16.8 Å². The van der Waals surface area contributed by atoms with Gasteiger partial charge in [0.1, 0.15) is 0 Å². The summed E-state index contributed by atoms with van der Waals surface area (Å²) in [6, 6.07) is 8.57. The molecule has 1 aliphatic carbocycles. The van der Waals surface area contributed by atoms with Crippen LogP contribution in [0.2, 0.25) is 0 Å². The largest absolute Gasteiger partial charge is 0.351 e. The van der Waals surface area contributed by atoms with Gasteiger partial charge in [-0.1, -0.05) is 24.3 Å². The summed E-state index contributed by atoms with van der Waals surface area (Å²) in [6.07, 6.45) is 5.99. The van der Waals surface area contributed by atoms with Crippen molar-refractivity contribution in [1.82, 2.24) is 4.57 Å². The van der Waals surface area contributed by atoms with E-state index in [4.69, 9.17) is 0 Å². The molecule has 114 valence electrons. The summed E-state index contributed by atoms with van der Waals surface area (Å²) in [4.78, 5) is 22.4. The second-order valence-corrected chi connectivity index (χ2v) is 4.97. The van der Waals surface area contributed by atoms with Crippen molar-refractivity contribution in [3.05, 3.63) is 81.5 Å². The first-order valence-electron chi connectivity index (χ1n) is 6.80. The predicted octanol–water partition coefficient (Wildman–Crippen LogP) is 1.99. The molecule has 0 aliphatic heterocycles. The molecule has 1 aromatic carbocycles. The van der Waals surface area contributed by atoms with Gasteiger partial charge in [-0.25, -0.2) is 0 Å². The Balaban J connectivity index is 2.12. The molecule has 23 heavy (non-hydrogen) atoms. The first-order valence-corrected chi connectivity index (χ1v) is 6.80. The molecule has 0 saturated heterocycles. The van der Waals surface area contributed by atoms with Crippen molar-refractivity contribution < 1.29 is 9.72 Å². The summed E-state index contributed by atoms with van der Waals surface area (Å²) in [5.41, 5.74) is 1.55. The third-order valence-electron chi connectivity index (χ3n) is 3.38. The number of ketones is 1. The number of aromatic nitrogens is 1. The lowest BCUT2D eigenvalue weighted by atomic mass is 9.94. The van der Waals surface area contributed by atoms with E-state index in [9.17, 15) is 14.9 Å². The molecular formula is C16H12N4O3. The Bertz CT molecular complexity index is 938. The molecule has 0 spiro atoms. The van der Waals surface area contributed by atoms with Crippen LogP contribution in [-0.2, 0) is 7.05 Å². The molecule has 3 rings (SSSR count). The monoisotopic (exact) mass is 308 g/mol. The van der Waals surface area contributed by atoms with Gasteiger partial charge in [-0.2, -0.15) is 0 Å². The number of allylic oxidation sites excluding steroid dienone is 2. The highest BCUT2D eigenvalue weighted by Gasteiger charge is 2.16. The molecule has 0 fully saturated rings. The molecule has 7 nitrogen and oxygen atoms in total. The van der Waals surface area contributed by atoms with Crippen LogP contribution in [0, 0.1) is 10.1 Å². The van der Waals surface area contributed by atoms with E-state index in [1.165, 1.54) is 18.3 Å². The van der Waals surface area contributed by atoms with Crippen molar-refractivity contribution in [2.75, 3.05) is 0 Å². The van der Waals surface area contributed by atoms with E-state index in [-0.39, 0.29) is 16.8 Å². The van der Waals surface area contributed by atoms with E-state index >= 15 is 0 Å². The summed E-state index contributed by atoms with van der Waals surface area (Å²) in [5.74, 6) is -0.0998. The van der Waals surface area contributed by atoms with Crippen molar-refractivity contribution in [2.45, 2.75) is 0 Å². The minimum Gasteiger partial charge on any atom is -0.351 e. The molecule has 0 bridgehead atoms. The van der Waals surface area contributed by atoms with Gasteiger partial charge in [0.05, 0.1) is 16.8 Å². The topological polar surface area (TPSA) is 89.9 Å². The Hall–Kier alpha value is -3.35. The highest BCUT2D eigenvalue weighted by atomic mass is 16.6. The maximum Gasteiger partial charge on any atom is 0.312 e. The number of nitro groups is 1. The molecular weight excluding hydrogens is 296 g/mol. The van der Waals surface area contributed by atoms with Crippen LogP contribution < -0.4 is 5.36 Å². The van der Waals surface area contributed by atoms with Crippen LogP contribution in [0.3, 0.4) is 0 Å². The number of fused-ring (bicyclic) bond motifs is 1. The Morgan fingerprint density at radius 2 is 1.83 bits per heavy atom. The average molecular weight is 308 g/mol. The third-order valence-corrected chi connectivity index (χ3v) is 3.38. The van der Waals surface area contributed by atoms with E-state index in [1.807, 2.05) is 0 Å². The summed E-state index contributed by atoms with van der Waals surface area (Å²) >= 11 is 0. The van der Waals surface area contributed by atoms with Gasteiger partial charge in [-0.15, -0.1) is 10.2 Å². The van der Waals surface area contributed by atoms with Crippen LogP contribution in [0.1, 0.15) is 15.9 Å². The van der Waals surface area contributed by atoms with Crippen LogP contribution in [0.5, 0.6) is 0 Å². The molecule has 1 aliphatic rings. The van der Waals surface area contributed by atoms with Crippen molar-refractivity contribution in [1.29, 1.82) is 0 Å². The number of carbonyl (C=O) groups is 1. The van der Waals surface area contributed by atoms with Crippen LogP contribution in [-0.4, -0.2) is 21.0 Å². The summed E-state index contributed by atoms with van der Waals surface area (Å²) in [5, 5.41) is 19.3. The minimum absolute atomic E-state index is 0.0998. The number of rotatable bonds is 2. The SMILES string of the molecule is Cn1cc/c(=N\N=C2/C=CC(=O)c3ccccc32)c([N+](=O)[O-])c1. The Morgan fingerprint density at radius 3 is 2.57 bits per heavy atom. The zero-order valence-corrected chi connectivity index (χ0v) is 12.2. The van der Waals surface area contributed by atoms with E-state index < -0.39 is 4.92 Å². The molecule has 1 heterocycles. The van der Waals surface area contributed by atoms with E-state index in [2.05, 4.69) is 10.2 Å². The molecule has 1 aromatic heterocycles. The normalized spacial score (nSPS) is 15.8. The van der Waals surface area contributed by atoms with Gasteiger partial charge in [0, 0.05) is 24.4 Å². The number of carbonyl (C=O) groups excluding carboxylic acids is 1. The van der Waals surface area contributed by atoms with E-state index in [1.54, 1.807) is 48.2 Å². The molecule has 0 amide bonds. The van der Waals surface area contributed by atoms with Gasteiger partial charge in [0.2, 0.25) is 0 Å². The van der Waals surface area contributed by atoms with E-state index in [0.717, 1.165) is 0 Å². The third kappa shape index (κ3) is 2.84. The number of hydrogen-bond donors (Lipinski definition) is 0. The lowest BCUT2D eigenvalue weighted by Gasteiger charge is -2.10. The molecule has 0 radical (unpaired) electrons. The van der Waals surface area contributed by atoms with Gasteiger partial charge in [-0.3, -0.25) is 14.9 Å². The van der Waals surface area contributed by atoms with Crippen LogP contribution in [0.25, 0.3) is 0 Å². The lowest BCUT2D eigenvalue weighted by molar-refractivity contribution is -0.386. The van der Waals surface area contributed by atoms with Crippen molar-refractivity contribution >= 4 is 17.2 Å². The average Bonchev–Trinajstić information content (AvgIpc) is 2.55. The lowest BCUT2D eigenvalue weighted by Crippen LogP contribution is -2.13. The second-order valence-electron chi connectivity index (χ2n) is 4.97. The first kappa shape index (κ1) is 14.6. The minimum atomic E-state index is -0.507. The predicted molar refractivity (Wildman–Crippen MR) is 84.1 cm³/mol. The quantitative estimate of drug-likeness (QED) is 0.627. The molecule has 0 N–H and O–H groups in total.